The van der Waals surface area contributed by atoms with Gasteiger partial charge in [0.1, 0.15) is 35.0 Å². The van der Waals surface area contributed by atoms with E-state index in [-0.39, 0.29) is 29.6 Å². The molecule has 0 aliphatic carbocycles. The lowest BCUT2D eigenvalue weighted by atomic mass is 10.1. The average Bonchev–Trinajstić information content (AvgIpc) is 2.52. The van der Waals surface area contributed by atoms with Crippen molar-refractivity contribution in [2.24, 2.45) is 0 Å². The third-order valence-corrected chi connectivity index (χ3v) is 2.80. The summed E-state index contributed by atoms with van der Waals surface area (Å²) in [5, 5.41) is 17.9. The first-order valence-corrected chi connectivity index (χ1v) is 6.12. The molecule has 0 fully saturated rings. The van der Waals surface area contributed by atoms with E-state index in [4.69, 9.17) is 26.2 Å². The number of nitrogens with zero attached hydrogens (tertiary/aromatic N) is 4. The fourth-order valence-electron chi connectivity index (χ4n) is 1.86. The largest absolute Gasteiger partial charge is 0.497 e. The summed E-state index contributed by atoms with van der Waals surface area (Å²) < 4.78 is 10.5. The first-order chi connectivity index (χ1) is 10.6. The van der Waals surface area contributed by atoms with Crippen LogP contribution in [0.15, 0.2) is 18.2 Å². The van der Waals surface area contributed by atoms with Gasteiger partial charge in [0.15, 0.2) is 6.61 Å². The van der Waals surface area contributed by atoms with Gasteiger partial charge in [0.2, 0.25) is 5.95 Å². The smallest absolute Gasteiger partial charge is 0.222 e. The fraction of sp³-hybridized carbons (Fsp3) is 0.143. The van der Waals surface area contributed by atoms with Gasteiger partial charge in [0.25, 0.3) is 0 Å². The summed E-state index contributed by atoms with van der Waals surface area (Å²) in [5.74, 6) is 0.787. The van der Waals surface area contributed by atoms with Crippen molar-refractivity contribution in [1.82, 2.24) is 9.97 Å². The van der Waals surface area contributed by atoms with E-state index in [0.29, 0.717) is 17.1 Å². The lowest BCUT2D eigenvalue weighted by molar-refractivity contribution is 0.367. The molecule has 0 saturated heterocycles. The van der Waals surface area contributed by atoms with Crippen LogP contribution in [0.5, 0.6) is 11.5 Å². The van der Waals surface area contributed by atoms with Gasteiger partial charge in [-0.15, -0.1) is 0 Å². The first-order valence-electron chi connectivity index (χ1n) is 6.12. The van der Waals surface area contributed by atoms with Crippen molar-refractivity contribution in [3.05, 3.63) is 23.8 Å². The Morgan fingerprint density at radius 1 is 1.23 bits per heavy atom. The zero-order valence-corrected chi connectivity index (χ0v) is 11.7. The number of hydrogen-bond donors (Lipinski definition) is 2. The van der Waals surface area contributed by atoms with E-state index < -0.39 is 0 Å². The number of ether oxygens (including phenoxy) is 2. The van der Waals surface area contributed by atoms with E-state index in [1.807, 2.05) is 12.1 Å². The van der Waals surface area contributed by atoms with Crippen LogP contribution < -0.4 is 20.9 Å². The van der Waals surface area contributed by atoms with E-state index in [0.717, 1.165) is 0 Å². The predicted octanol–water partition coefficient (Wildman–Crippen LogP) is 1.09. The summed E-state index contributed by atoms with van der Waals surface area (Å²) in [6.45, 7) is -0.155. The van der Waals surface area contributed by atoms with Crippen molar-refractivity contribution >= 4 is 11.8 Å². The van der Waals surface area contributed by atoms with Crippen LogP contribution in [0.1, 0.15) is 5.56 Å². The van der Waals surface area contributed by atoms with Crippen molar-refractivity contribution in [1.29, 1.82) is 10.5 Å². The Morgan fingerprint density at radius 2 is 2.00 bits per heavy atom. The molecule has 0 radical (unpaired) electrons. The van der Waals surface area contributed by atoms with Crippen molar-refractivity contribution in [3.63, 3.8) is 0 Å². The Balaban J connectivity index is 2.70. The maximum absolute atomic E-state index is 9.27. The second-order valence-corrected chi connectivity index (χ2v) is 4.11. The molecule has 8 heteroatoms. The maximum Gasteiger partial charge on any atom is 0.222 e. The van der Waals surface area contributed by atoms with Crippen LogP contribution >= 0.6 is 0 Å². The Bertz CT molecular complexity index is 791. The highest BCUT2D eigenvalue weighted by Gasteiger charge is 2.18. The summed E-state index contributed by atoms with van der Waals surface area (Å²) >= 11 is 0. The van der Waals surface area contributed by atoms with Crippen molar-refractivity contribution in [3.8, 4) is 34.9 Å². The number of nitrogens with two attached hydrogens (primary N) is 2. The Hall–Kier alpha value is -3.52. The first kappa shape index (κ1) is 14.9. The number of methoxy groups -OCH3 is 1. The molecule has 8 nitrogen and oxygen atoms in total. The minimum atomic E-state index is -0.155. The van der Waals surface area contributed by atoms with Crippen LogP contribution in [-0.4, -0.2) is 23.7 Å². The second kappa shape index (κ2) is 6.29. The average molecular weight is 296 g/mol. The van der Waals surface area contributed by atoms with Gasteiger partial charge >= 0.3 is 0 Å². The number of nitriles is 2. The summed E-state index contributed by atoms with van der Waals surface area (Å²) in [6.07, 6.45) is 0. The molecule has 0 atom stereocenters. The molecule has 0 amide bonds. The summed E-state index contributed by atoms with van der Waals surface area (Å²) in [5.41, 5.74) is 12.0. The number of hydrogen-bond acceptors (Lipinski definition) is 8. The van der Waals surface area contributed by atoms with Gasteiger partial charge in [-0.1, -0.05) is 0 Å². The van der Waals surface area contributed by atoms with Gasteiger partial charge in [-0.25, -0.2) is 4.98 Å². The van der Waals surface area contributed by atoms with E-state index in [1.165, 1.54) is 7.11 Å². The molecule has 0 saturated carbocycles. The number of benzene rings is 1. The molecule has 22 heavy (non-hydrogen) atoms. The molecule has 1 heterocycles. The molecule has 4 N–H and O–H groups in total. The lowest BCUT2D eigenvalue weighted by Gasteiger charge is -2.12. The molecule has 0 bridgehead atoms. The molecular weight excluding hydrogens is 284 g/mol. The van der Waals surface area contributed by atoms with Gasteiger partial charge in [-0.05, 0) is 18.2 Å². The highest BCUT2D eigenvalue weighted by molar-refractivity contribution is 5.78. The number of aromatic nitrogens is 2. The zero-order valence-electron chi connectivity index (χ0n) is 11.7. The molecule has 1 aromatic heterocycles. The minimum Gasteiger partial charge on any atom is -0.497 e. The fourth-order valence-corrected chi connectivity index (χ4v) is 1.86. The zero-order chi connectivity index (χ0) is 16.1. The third-order valence-electron chi connectivity index (χ3n) is 2.80. The lowest BCUT2D eigenvalue weighted by Crippen LogP contribution is -2.06. The van der Waals surface area contributed by atoms with E-state index in [2.05, 4.69) is 9.97 Å². The number of nitrogen functional groups attached to an aromatic ring is 2. The molecular formula is C14H12N6O2. The maximum atomic E-state index is 9.27. The van der Waals surface area contributed by atoms with E-state index >= 15 is 0 Å². The summed E-state index contributed by atoms with van der Waals surface area (Å²) in [7, 11) is 1.50. The molecule has 0 aliphatic heterocycles. The topological polar surface area (TPSA) is 144 Å². The molecule has 2 aromatic rings. The quantitative estimate of drug-likeness (QED) is 0.852. The minimum absolute atomic E-state index is 0.0287. The molecule has 0 spiro atoms. The van der Waals surface area contributed by atoms with Crippen molar-refractivity contribution in [2.45, 2.75) is 0 Å². The summed E-state index contributed by atoms with van der Waals surface area (Å²) in [6, 6.07) is 8.71. The molecule has 0 unspecified atom stereocenters. The van der Waals surface area contributed by atoms with Gasteiger partial charge < -0.3 is 20.9 Å². The highest BCUT2D eigenvalue weighted by Crippen LogP contribution is 2.35. The van der Waals surface area contributed by atoms with Gasteiger partial charge in [0.05, 0.1) is 12.8 Å². The third kappa shape index (κ3) is 2.81. The van der Waals surface area contributed by atoms with Crippen LogP contribution in [0.4, 0.5) is 11.8 Å². The normalized spacial score (nSPS) is 9.59. The molecule has 1 aromatic carbocycles. The second-order valence-electron chi connectivity index (χ2n) is 4.11. The Kier molecular flexibility index (Phi) is 4.25. The standard InChI is InChI=1S/C14H12N6O2/c1-21-8-2-3-11(22-5-4-15)9(6-8)12-10(7-16)13(17)20-14(18)19-12/h2-3,6H,5H2,1H3,(H4,17,18,19,20). The van der Waals surface area contributed by atoms with Crippen LogP contribution in [0.2, 0.25) is 0 Å². The Morgan fingerprint density at radius 3 is 2.64 bits per heavy atom. The van der Waals surface area contributed by atoms with Crippen molar-refractivity contribution in [2.75, 3.05) is 25.2 Å². The van der Waals surface area contributed by atoms with Crippen LogP contribution in [-0.2, 0) is 0 Å². The summed E-state index contributed by atoms with van der Waals surface area (Å²) in [4.78, 5) is 7.83. The van der Waals surface area contributed by atoms with E-state index in [1.54, 1.807) is 18.2 Å². The highest BCUT2D eigenvalue weighted by atomic mass is 16.5. The molecule has 110 valence electrons. The number of rotatable bonds is 4. The Labute approximate surface area is 126 Å². The molecule has 0 aliphatic rings. The number of anilines is 2. The molecule has 2 rings (SSSR count). The van der Waals surface area contributed by atoms with Gasteiger partial charge in [-0.3, -0.25) is 0 Å². The van der Waals surface area contributed by atoms with Crippen LogP contribution in [0, 0.1) is 22.7 Å². The van der Waals surface area contributed by atoms with Crippen molar-refractivity contribution < 1.29 is 9.47 Å². The SMILES string of the molecule is COc1ccc(OCC#N)c(-c2nc(N)nc(N)c2C#N)c1. The van der Waals surface area contributed by atoms with Crippen LogP contribution in [0.25, 0.3) is 11.3 Å². The van der Waals surface area contributed by atoms with Gasteiger partial charge in [-0.2, -0.15) is 15.5 Å². The monoisotopic (exact) mass is 296 g/mol. The van der Waals surface area contributed by atoms with Gasteiger partial charge in [0, 0.05) is 5.56 Å². The van der Waals surface area contributed by atoms with Crippen LogP contribution in [0.3, 0.4) is 0 Å². The van der Waals surface area contributed by atoms with E-state index in [9.17, 15) is 5.26 Å². The predicted molar refractivity (Wildman–Crippen MR) is 78.7 cm³/mol.